The number of benzene rings is 1. The number of fused-ring (bicyclic) bond motifs is 1. The van der Waals surface area contributed by atoms with Crippen LogP contribution in [0.15, 0.2) is 24.3 Å². The van der Waals surface area contributed by atoms with Crippen LogP contribution in [0.2, 0.25) is 0 Å². The highest BCUT2D eigenvalue weighted by atomic mass is 16.7. The lowest BCUT2D eigenvalue weighted by molar-refractivity contribution is -0.115. The normalized spacial score (nSPS) is 17.8. The maximum atomic E-state index is 12.2. The summed E-state index contributed by atoms with van der Waals surface area (Å²) in [5, 5.41) is 0.791. The Bertz CT molecular complexity index is 714. The largest absolute Gasteiger partial charge is 0.444 e. The van der Waals surface area contributed by atoms with Gasteiger partial charge in [0.15, 0.2) is 0 Å². The molecule has 3 amide bonds. The molecular formula is C20H26N2O6. The van der Waals surface area contributed by atoms with Crippen LogP contribution in [-0.2, 0) is 14.3 Å². The molecular weight excluding hydrogens is 364 g/mol. The number of likely N-dealkylation sites (tertiary alicyclic amines) is 1. The van der Waals surface area contributed by atoms with E-state index in [4.69, 9.17) is 14.3 Å². The van der Waals surface area contributed by atoms with Crippen LogP contribution in [0.3, 0.4) is 0 Å². The summed E-state index contributed by atoms with van der Waals surface area (Å²) in [5.41, 5.74) is 0.192. The van der Waals surface area contributed by atoms with Crippen molar-refractivity contribution in [3.05, 3.63) is 35.4 Å². The monoisotopic (exact) mass is 390 g/mol. The van der Waals surface area contributed by atoms with E-state index in [1.807, 2.05) is 20.8 Å². The molecule has 1 aromatic carbocycles. The Balaban J connectivity index is 1.37. The first-order valence-electron chi connectivity index (χ1n) is 9.46. The van der Waals surface area contributed by atoms with Gasteiger partial charge in [0.25, 0.3) is 11.8 Å². The molecule has 0 radical (unpaired) electrons. The number of rotatable bonds is 5. The fraction of sp³-hybridized carbons (Fsp3) is 0.550. The maximum absolute atomic E-state index is 12.2. The number of hydroxylamine groups is 2. The molecule has 0 N–H and O–H groups in total. The first-order valence-corrected chi connectivity index (χ1v) is 9.46. The smallest absolute Gasteiger partial charge is 0.410 e. The van der Waals surface area contributed by atoms with Gasteiger partial charge in [-0.2, -0.15) is 0 Å². The van der Waals surface area contributed by atoms with E-state index in [2.05, 4.69) is 0 Å². The fourth-order valence-corrected chi connectivity index (χ4v) is 3.16. The number of piperidine rings is 1. The van der Waals surface area contributed by atoms with E-state index < -0.39 is 17.4 Å². The van der Waals surface area contributed by atoms with Crippen molar-refractivity contribution in [3.8, 4) is 0 Å². The molecule has 2 heterocycles. The molecule has 1 saturated heterocycles. The van der Waals surface area contributed by atoms with Gasteiger partial charge >= 0.3 is 6.09 Å². The third-order valence-corrected chi connectivity index (χ3v) is 4.51. The van der Waals surface area contributed by atoms with Crippen molar-refractivity contribution in [2.45, 2.75) is 45.3 Å². The van der Waals surface area contributed by atoms with Crippen LogP contribution in [0.25, 0.3) is 0 Å². The second kappa shape index (κ2) is 8.28. The molecule has 0 aliphatic carbocycles. The highest BCUT2D eigenvalue weighted by Gasteiger charge is 2.36. The van der Waals surface area contributed by atoms with Crippen molar-refractivity contribution in [3.63, 3.8) is 0 Å². The zero-order chi connectivity index (χ0) is 20.3. The minimum Gasteiger partial charge on any atom is -0.444 e. The van der Waals surface area contributed by atoms with Crippen LogP contribution in [0, 0.1) is 0 Å². The Hall–Kier alpha value is -2.45. The Morgan fingerprint density at radius 3 is 2.14 bits per heavy atom. The SMILES string of the molecule is CC(C)(C)OC(=O)N1CCC(OCCON2C(=O)c3ccccc3C2=O)CC1. The van der Waals surface area contributed by atoms with Crippen LogP contribution in [0.5, 0.6) is 0 Å². The molecule has 0 bridgehead atoms. The highest BCUT2D eigenvalue weighted by Crippen LogP contribution is 2.22. The zero-order valence-electron chi connectivity index (χ0n) is 16.5. The van der Waals surface area contributed by atoms with Crippen LogP contribution in [0.4, 0.5) is 4.79 Å². The van der Waals surface area contributed by atoms with Gasteiger partial charge in [0.1, 0.15) is 5.60 Å². The highest BCUT2D eigenvalue weighted by molar-refractivity contribution is 6.20. The van der Waals surface area contributed by atoms with Crippen molar-refractivity contribution in [1.29, 1.82) is 0 Å². The minimum absolute atomic E-state index is 0.00413. The van der Waals surface area contributed by atoms with E-state index in [9.17, 15) is 14.4 Å². The molecule has 2 aliphatic heterocycles. The second-order valence-electron chi connectivity index (χ2n) is 7.82. The number of ether oxygens (including phenoxy) is 2. The Labute approximate surface area is 164 Å². The Kier molecular flexibility index (Phi) is 6.00. The predicted molar refractivity (Wildman–Crippen MR) is 99.7 cm³/mol. The van der Waals surface area contributed by atoms with Gasteiger partial charge < -0.3 is 14.4 Å². The van der Waals surface area contributed by atoms with Gasteiger partial charge in [0.2, 0.25) is 0 Å². The van der Waals surface area contributed by atoms with E-state index in [1.54, 1.807) is 29.2 Å². The molecule has 8 nitrogen and oxygen atoms in total. The third kappa shape index (κ3) is 4.69. The van der Waals surface area contributed by atoms with E-state index in [0.29, 0.717) is 37.1 Å². The molecule has 0 unspecified atom stereocenters. The summed E-state index contributed by atoms with van der Waals surface area (Å²) in [7, 11) is 0. The number of hydrogen-bond donors (Lipinski definition) is 0. The van der Waals surface area contributed by atoms with Crippen LogP contribution >= 0.6 is 0 Å². The number of nitrogens with zero attached hydrogens (tertiary/aromatic N) is 2. The molecule has 0 spiro atoms. The first-order chi connectivity index (χ1) is 13.3. The second-order valence-corrected chi connectivity index (χ2v) is 7.82. The fourth-order valence-electron chi connectivity index (χ4n) is 3.16. The summed E-state index contributed by atoms with van der Waals surface area (Å²) in [6.07, 6.45) is 1.10. The van der Waals surface area contributed by atoms with Gasteiger partial charge in [-0.05, 0) is 45.7 Å². The average molecular weight is 390 g/mol. The first kappa shape index (κ1) is 20.3. The molecule has 3 rings (SSSR count). The van der Waals surface area contributed by atoms with Crippen molar-refractivity contribution in [2.24, 2.45) is 0 Å². The zero-order valence-corrected chi connectivity index (χ0v) is 16.5. The number of amides is 3. The van der Waals surface area contributed by atoms with E-state index >= 15 is 0 Å². The lowest BCUT2D eigenvalue weighted by atomic mass is 10.1. The topological polar surface area (TPSA) is 85.4 Å². The van der Waals surface area contributed by atoms with Crippen LogP contribution in [0.1, 0.15) is 54.3 Å². The molecule has 1 aromatic rings. The minimum atomic E-state index is -0.508. The summed E-state index contributed by atoms with van der Waals surface area (Å²) < 4.78 is 11.1. The molecule has 28 heavy (non-hydrogen) atoms. The summed E-state index contributed by atoms with van der Waals surface area (Å²) in [6, 6.07) is 6.63. The van der Waals surface area contributed by atoms with Crippen molar-refractivity contribution < 1.29 is 28.7 Å². The van der Waals surface area contributed by atoms with Gasteiger partial charge in [0, 0.05) is 13.1 Å². The summed E-state index contributed by atoms with van der Waals surface area (Å²) in [5.74, 6) is -0.905. The van der Waals surface area contributed by atoms with Crippen molar-refractivity contribution in [1.82, 2.24) is 9.96 Å². The number of carbonyl (C=O) groups excluding carboxylic acids is 3. The van der Waals surface area contributed by atoms with Gasteiger partial charge in [-0.15, -0.1) is 5.06 Å². The molecule has 152 valence electrons. The number of hydrogen-bond acceptors (Lipinski definition) is 6. The lowest BCUT2D eigenvalue weighted by Gasteiger charge is -2.33. The van der Waals surface area contributed by atoms with Crippen LogP contribution < -0.4 is 0 Å². The number of imide groups is 1. The quantitative estimate of drug-likeness (QED) is 0.568. The van der Waals surface area contributed by atoms with E-state index in [0.717, 1.165) is 5.06 Å². The maximum Gasteiger partial charge on any atom is 0.410 e. The Morgan fingerprint density at radius 2 is 1.61 bits per heavy atom. The number of carbonyl (C=O) groups is 3. The molecule has 0 aromatic heterocycles. The summed E-state index contributed by atoms with van der Waals surface area (Å²) >= 11 is 0. The van der Waals surface area contributed by atoms with Gasteiger partial charge in [0.05, 0.1) is 30.4 Å². The predicted octanol–water partition coefficient (Wildman–Crippen LogP) is 2.63. The van der Waals surface area contributed by atoms with Gasteiger partial charge in [-0.3, -0.25) is 14.4 Å². The molecule has 0 saturated carbocycles. The van der Waals surface area contributed by atoms with E-state index in [1.165, 1.54) is 0 Å². The standard InChI is InChI=1S/C20H26N2O6/c1-20(2,3)28-19(25)21-10-8-14(9-11-21)26-12-13-27-22-17(23)15-6-4-5-7-16(15)18(22)24/h4-7,14H,8-13H2,1-3H3. The van der Waals surface area contributed by atoms with Gasteiger partial charge in [-0.1, -0.05) is 12.1 Å². The molecule has 1 fully saturated rings. The molecule has 8 heteroatoms. The summed E-state index contributed by atoms with van der Waals surface area (Å²) in [4.78, 5) is 43.5. The third-order valence-electron chi connectivity index (χ3n) is 4.51. The molecule has 2 aliphatic rings. The average Bonchev–Trinajstić information content (AvgIpc) is 2.89. The van der Waals surface area contributed by atoms with Crippen molar-refractivity contribution in [2.75, 3.05) is 26.3 Å². The Morgan fingerprint density at radius 1 is 1.04 bits per heavy atom. The van der Waals surface area contributed by atoms with E-state index in [-0.39, 0.29) is 25.4 Å². The summed E-state index contributed by atoms with van der Waals surface area (Å²) in [6.45, 7) is 7.01. The molecule has 0 atom stereocenters. The van der Waals surface area contributed by atoms with Crippen molar-refractivity contribution >= 4 is 17.9 Å². The lowest BCUT2D eigenvalue weighted by Crippen LogP contribution is -2.43. The van der Waals surface area contributed by atoms with Gasteiger partial charge in [-0.25, -0.2) is 4.79 Å². The van der Waals surface area contributed by atoms with Crippen LogP contribution in [-0.4, -0.2) is 65.9 Å².